The molecule has 10 nitrogen and oxygen atoms in total. The lowest BCUT2D eigenvalue weighted by Crippen LogP contribution is -2.49. The molecular formula is C17H22O10. The van der Waals surface area contributed by atoms with Gasteiger partial charge in [0.1, 0.15) is 19.3 Å². The Balaban J connectivity index is 1.72. The van der Waals surface area contributed by atoms with Crippen molar-refractivity contribution in [2.75, 3.05) is 26.4 Å². The van der Waals surface area contributed by atoms with Crippen LogP contribution in [0.15, 0.2) is 24.3 Å². The van der Waals surface area contributed by atoms with Gasteiger partial charge in [-0.25, -0.2) is 9.59 Å². The number of ether oxygens (including phenoxy) is 4. The summed E-state index contributed by atoms with van der Waals surface area (Å²) < 4.78 is 19.9. The van der Waals surface area contributed by atoms with E-state index in [2.05, 4.69) is 0 Å². The van der Waals surface area contributed by atoms with E-state index in [1.807, 2.05) is 0 Å². The van der Waals surface area contributed by atoms with Crippen LogP contribution in [0, 0.1) is 0 Å². The molecule has 1 aliphatic rings. The lowest BCUT2D eigenvalue weighted by Gasteiger charge is -2.33. The molecule has 4 atom stereocenters. The fourth-order valence-electron chi connectivity index (χ4n) is 2.29. The van der Waals surface area contributed by atoms with Crippen molar-refractivity contribution in [3.63, 3.8) is 0 Å². The minimum atomic E-state index is -1.55. The molecule has 1 fully saturated rings. The zero-order valence-corrected chi connectivity index (χ0v) is 14.4. The number of aliphatic hydroxyl groups excluding tert-OH is 4. The van der Waals surface area contributed by atoms with Crippen molar-refractivity contribution in [2.24, 2.45) is 0 Å². The van der Waals surface area contributed by atoms with Crippen molar-refractivity contribution in [3.8, 4) is 0 Å². The van der Waals surface area contributed by atoms with E-state index in [1.165, 1.54) is 24.3 Å². The van der Waals surface area contributed by atoms with Gasteiger partial charge in [0, 0.05) is 6.42 Å². The molecule has 0 saturated carbocycles. The summed E-state index contributed by atoms with van der Waals surface area (Å²) in [5.41, 5.74) is 0.452. The minimum absolute atomic E-state index is 0.0278. The first-order valence-corrected chi connectivity index (χ1v) is 8.28. The summed E-state index contributed by atoms with van der Waals surface area (Å²) in [5.74, 6) is -1.24. The molecule has 0 radical (unpaired) electrons. The molecule has 10 heteroatoms. The van der Waals surface area contributed by atoms with Crippen LogP contribution in [-0.4, -0.2) is 83.6 Å². The largest absolute Gasteiger partial charge is 0.460 e. The molecule has 150 valence electrons. The third kappa shape index (κ3) is 6.24. The molecule has 0 amide bonds. The van der Waals surface area contributed by atoms with E-state index in [1.54, 1.807) is 0 Å². The quantitative estimate of drug-likeness (QED) is 0.316. The number of hydrogen-bond acceptors (Lipinski definition) is 10. The zero-order chi connectivity index (χ0) is 19.8. The molecule has 1 saturated heterocycles. The molecule has 1 heterocycles. The van der Waals surface area contributed by atoms with Gasteiger partial charge in [0.05, 0.1) is 30.4 Å². The third-order valence-electron chi connectivity index (χ3n) is 3.71. The van der Waals surface area contributed by atoms with E-state index in [0.717, 1.165) is 0 Å². The molecule has 0 aromatic heterocycles. The maximum absolute atomic E-state index is 11.9. The van der Waals surface area contributed by atoms with Gasteiger partial charge in [0.15, 0.2) is 12.6 Å². The molecule has 2 rings (SSSR count). The summed E-state index contributed by atoms with van der Waals surface area (Å²) in [7, 11) is 0. The van der Waals surface area contributed by atoms with Gasteiger partial charge in [-0.1, -0.05) is 0 Å². The fraction of sp³-hybridized carbons (Fsp3) is 0.529. The first-order valence-electron chi connectivity index (χ1n) is 8.28. The fourth-order valence-corrected chi connectivity index (χ4v) is 2.29. The molecule has 1 aromatic rings. The average molecular weight is 386 g/mol. The molecule has 0 spiro atoms. The molecular weight excluding hydrogens is 364 g/mol. The van der Waals surface area contributed by atoms with E-state index in [0.29, 0.717) is 0 Å². The lowest BCUT2D eigenvalue weighted by molar-refractivity contribution is -0.306. The van der Waals surface area contributed by atoms with Gasteiger partial charge >= 0.3 is 11.9 Å². The Bertz CT molecular complexity index is 605. The number of carbonyl (C=O) groups is 2. The second kappa shape index (κ2) is 10.3. The van der Waals surface area contributed by atoms with Gasteiger partial charge in [-0.05, 0) is 24.3 Å². The number of benzene rings is 1. The highest BCUT2D eigenvalue weighted by Crippen LogP contribution is 2.19. The summed E-state index contributed by atoms with van der Waals surface area (Å²) in [6.45, 7) is -0.534. The first kappa shape index (κ1) is 21.2. The molecule has 0 bridgehead atoms. The standard InChI is InChI=1S/C17H22O10/c18-5-6-25-15(21)10-1-3-11(4-2-10)16(22)26-8-7-24-13-9-12(19)14(20)17(23)27-13/h1-4,12-14,17-20,23H,5-9H2/t12?,13-,14+,17?/m1/s1. The van der Waals surface area contributed by atoms with Crippen LogP contribution in [0.4, 0.5) is 0 Å². The summed E-state index contributed by atoms with van der Waals surface area (Å²) in [6, 6.07) is 5.60. The van der Waals surface area contributed by atoms with Gasteiger partial charge in [-0.15, -0.1) is 0 Å². The van der Waals surface area contributed by atoms with Crippen LogP contribution < -0.4 is 0 Å². The Labute approximate surface area is 154 Å². The Hall–Kier alpha value is -2.08. The van der Waals surface area contributed by atoms with Crippen LogP contribution in [-0.2, 0) is 18.9 Å². The van der Waals surface area contributed by atoms with Gasteiger partial charge in [-0.2, -0.15) is 0 Å². The maximum Gasteiger partial charge on any atom is 0.338 e. The number of esters is 2. The van der Waals surface area contributed by atoms with Gasteiger partial charge < -0.3 is 39.4 Å². The van der Waals surface area contributed by atoms with Crippen LogP contribution in [0.3, 0.4) is 0 Å². The first-order chi connectivity index (χ1) is 12.9. The second-order valence-electron chi connectivity index (χ2n) is 5.69. The molecule has 2 unspecified atom stereocenters. The van der Waals surface area contributed by atoms with Gasteiger partial charge in [0.2, 0.25) is 0 Å². The average Bonchev–Trinajstić information content (AvgIpc) is 2.67. The molecule has 1 aromatic carbocycles. The number of carbonyl (C=O) groups excluding carboxylic acids is 2. The van der Waals surface area contributed by atoms with Gasteiger partial charge in [0.25, 0.3) is 0 Å². The van der Waals surface area contributed by atoms with Crippen molar-refractivity contribution in [1.82, 2.24) is 0 Å². The van der Waals surface area contributed by atoms with Gasteiger partial charge in [-0.3, -0.25) is 0 Å². The predicted molar refractivity (Wildman–Crippen MR) is 87.6 cm³/mol. The van der Waals surface area contributed by atoms with E-state index >= 15 is 0 Å². The van der Waals surface area contributed by atoms with Crippen molar-refractivity contribution in [3.05, 3.63) is 35.4 Å². The van der Waals surface area contributed by atoms with Crippen molar-refractivity contribution < 1.29 is 49.0 Å². The minimum Gasteiger partial charge on any atom is -0.460 e. The van der Waals surface area contributed by atoms with Crippen LogP contribution in [0.2, 0.25) is 0 Å². The topological polar surface area (TPSA) is 152 Å². The number of rotatable bonds is 8. The van der Waals surface area contributed by atoms with Crippen LogP contribution in [0.5, 0.6) is 0 Å². The number of aliphatic hydroxyl groups is 4. The van der Waals surface area contributed by atoms with E-state index in [-0.39, 0.29) is 44.0 Å². The monoisotopic (exact) mass is 386 g/mol. The lowest BCUT2D eigenvalue weighted by atomic mass is 10.1. The van der Waals surface area contributed by atoms with E-state index in [4.69, 9.17) is 24.1 Å². The summed E-state index contributed by atoms with van der Waals surface area (Å²) in [5, 5.41) is 36.8. The molecule has 27 heavy (non-hydrogen) atoms. The Morgan fingerprint density at radius 1 is 0.963 bits per heavy atom. The van der Waals surface area contributed by atoms with Crippen molar-refractivity contribution in [2.45, 2.75) is 31.2 Å². The molecule has 1 aliphatic heterocycles. The summed E-state index contributed by atoms with van der Waals surface area (Å²) in [6.07, 6.45) is -5.08. The smallest absolute Gasteiger partial charge is 0.338 e. The summed E-state index contributed by atoms with van der Waals surface area (Å²) >= 11 is 0. The highest BCUT2D eigenvalue weighted by Gasteiger charge is 2.35. The van der Waals surface area contributed by atoms with Crippen molar-refractivity contribution >= 4 is 11.9 Å². The Morgan fingerprint density at radius 3 is 2.04 bits per heavy atom. The maximum atomic E-state index is 11.9. The van der Waals surface area contributed by atoms with Crippen LogP contribution in [0.25, 0.3) is 0 Å². The number of hydrogen-bond donors (Lipinski definition) is 4. The van der Waals surface area contributed by atoms with E-state index in [9.17, 15) is 24.9 Å². The van der Waals surface area contributed by atoms with E-state index < -0.39 is 36.7 Å². The van der Waals surface area contributed by atoms with Crippen LogP contribution in [0.1, 0.15) is 27.1 Å². The Kier molecular flexibility index (Phi) is 8.10. The highest BCUT2D eigenvalue weighted by atomic mass is 16.7. The summed E-state index contributed by atoms with van der Waals surface area (Å²) in [4.78, 5) is 23.5. The SMILES string of the molecule is O=C(OCCO)c1ccc(C(=O)OCCO[C@H]2CC(O)[C@H](O)C(O)O2)cc1. The van der Waals surface area contributed by atoms with Crippen LogP contribution >= 0.6 is 0 Å². The Morgan fingerprint density at radius 2 is 1.52 bits per heavy atom. The zero-order valence-electron chi connectivity index (χ0n) is 14.4. The third-order valence-corrected chi connectivity index (χ3v) is 3.71. The van der Waals surface area contributed by atoms with Crippen molar-refractivity contribution in [1.29, 1.82) is 0 Å². The highest BCUT2D eigenvalue weighted by molar-refractivity contribution is 5.93. The normalized spacial score (nSPS) is 25.0. The molecule has 4 N–H and O–H groups in total. The second-order valence-corrected chi connectivity index (χ2v) is 5.69. The molecule has 0 aliphatic carbocycles. The predicted octanol–water partition coefficient (Wildman–Crippen LogP) is -1.20.